The molecular weight excluding hydrogens is 228 g/mol. The van der Waals surface area contributed by atoms with Gasteiger partial charge in [0.1, 0.15) is 17.5 Å². The van der Waals surface area contributed by atoms with Gasteiger partial charge in [-0.05, 0) is 26.2 Å². The number of aromatic nitrogens is 2. The van der Waals surface area contributed by atoms with Gasteiger partial charge in [0.05, 0.1) is 0 Å². The van der Waals surface area contributed by atoms with Gasteiger partial charge in [-0.3, -0.25) is 0 Å². The van der Waals surface area contributed by atoms with Crippen molar-refractivity contribution in [1.29, 1.82) is 0 Å². The summed E-state index contributed by atoms with van der Waals surface area (Å²) in [6.07, 6.45) is 3.72. The van der Waals surface area contributed by atoms with Crippen LogP contribution in [0.25, 0.3) is 0 Å². The van der Waals surface area contributed by atoms with Crippen molar-refractivity contribution in [2.45, 2.75) is 39.5 Å². The van der Waals surface area contributed by atoms with Crippen molar-refractivity contribution < 1.29 is 5.11 Å². The predicted molar refractivity (Wildman–Crippen MR) is 74.8 cm³/mol. The van der Waals surface area contributed by atoms with Crippen LogP contribution in [0.5, 0.6) is 0 Å². The molecule has 1 aromatic rings. The Morgan fingerprint density at radius 3 is 2.56 bits per heavy atom. The molecule has 0 bridgehead atoms. The molecule has 0 fully saturated rings. The van der Waals surface area contributed by atoms with Gasteiger partial charge in [-0.15, -0.1) is 0 Å². The molecular formula is C13H24N4O. The number of unbranched alkanes of at least 4 members (excludes halogenated alkanes) is 2. The molecule has 1 aromatic heterocycles. The summed E-state index contributed by atoms with van der Waals surface area (Å²) >= 11 is 0. The van der Waals surface area contributed by atoms with Gasteiger partial charge in [0, 0.05) is 32.2 Å². The normalized spacial score (nSPS) is 10.7. The average molecular weight is 252 g/mol. The number of aliphatic hydroxyl groups is 1. The van der Waals surface area contributed by atoms with Crippen LogP contribution in [0.1, 0.15) is 37.6 Å². The average Bonchev–Trinajstić information content (AvgIpc) is 2.37. The standard InChI is InChI=1S/C13H24N4O/c1-4-11-15-12(14)10(2)13(16-11)17(3)8-6-5-7-9-18/h18H,4-9H2,1-3H3,(H2,14,15,16). The molecule has 102 valence electrons. The first-order valence-corrected chi connectivity index (χ1v) is 6.55. The van der Waals surface area contributed by atoms with Crippen LogP contribution in [0, 0.1) is 6.92 Å². The minimum Gasteiger partial charge on any atom is -0.396 e. The molecule has 18 heavy (non-hydrogen) atoms. The topological polar surface area (TPSA) is 75.3 Å². The molecule has 5 nitrogen and oxygen atoms in total. The summed E-state index contributed by atoms with van der Waals surface area (Å²) in [4.78, 5) is 10.9. The molecule has 5 heteroatoms. The number of rotatable bonds is 7. The number of hydrogen-bond donors (Lipinski definition) is 2. The van der Waals surface area contributed by atoms with Crippen LogP contribution in [0.4, 0.5) is 11.6 Å². The number of nitrogens with two attached hydrogens (primary N) is 1. The second-order valence-electron chi connectivity index (χ2n) is 4.53. The third-order valence-corrected chi connectivity index (χ3v) is 3.03. The molecule has 0 aliphatic rings. The number of hydrogen-bond acceptors (Lipinski definition) is 5. The minimum atomic E-state index is 0.267. The van der Waals surface area contributed by atoms with Gasteiger partial charge in [0.2, 0.25) is 0 Å². The fourth-order valence-corrected chi connectivity index (χ4v) is 1.84. The van der Waals surface area contributed by atoms with Crippen molar-refractivity contribution in [3.63, 3.8) is 0 Å². The minimum absolute atomic E-state index is 0.267. The van der Waals surface area contributed by atoms with E-state index < -0.39 is 0 Å². The Morgan fingerprint density at radius 1 is 1.22 bits per heavy atom. The molecule has 0 unspecified atom stereocenters. The molecule has 0 amide bonds. The van der Waals surface area contributed by atoms with E-state index in [0.717, 1.165) is 49.4 Å². The Hall–Kier alpha value is -1.36. The summed E-state index contributed by atoms with van der Waals surface area (Å²) in [5.41, 5.74) is 6.84. The van der Waals surface area contributed by atoms with Crippen molar-refractivity contribution in [3.8, 4) is 0 Å². The van der Waals surface area contributed by atoms with Crippen LogP contribution < -0.4 is 10.6 Å². The summed E-state index contributed by atoms with van der Waals surface area (Å²) in [6, 6.07) is 0. The Balaban J connectivity index is 2.71. The smallest absolute Gasteiger partial charge is 0.137 e. The van der Waals surface area contributed by atoms with E-state index in [-0.39, 0.29) is 6.61 Å². The zero-order valence-corrected chi connectivity index (χ0v) is 11.6. The highest BCUT2D eigenvalue weighted by atomic mass is 16.2. The number of nitrogen functional groups attached to an aromatic ring is 1. The van der Waals surface area contributed by atoms with Gasteiger partial charge < -0.3 is 15.7 Å². The highest BCUT2D eigenvalue weighted by Crippen LogP contribution is 2.21. The number of nitrogens with zero attached hydrogens (tertiary/aromatic N) is 3. The molecule has 0 aliphatic heterocycles. The van der Waals surface area contributed by atoms with Crippen molar-refractivity contribution >= 4 is 11.6 Å². The van der Waals surface area contributed by atoms with Gasteiger partial charge in [0.15, 0.2) is 0 Å². The second-order valence-corrected chi connectivity index (χ2v) is 4.53. The molecule has 0 aromatic carbocycles. The maximum Gasteiger partial charge on any atom is 0.137 e. The summed E-state index contributed by atoms with van der Waals surface area (Å²) in [5.74, 6) is 2.28. The number of aryl methyl sites for hydroxylation is 1. The van der Waals surface area contributed by atoms with Gasteiger partial charge >= 0.3 is 0 Å². The zero-order valence-electron chi connectivity index (χ0n) is 11.6. The van der Waals surface area contributed by atoms with E-state index in [1.54, 1.807) is 0 Å². The fourth-order valence-electron chi connectivity index (χ4n) is 1.84. The maximum absolute atomic E-state index is 8.75. The van der Waals surface area contributed by atoms with Crippen LogP contribution in [-0.2, 0) is 6.42 Å². The van der Waals surface area contributed by atoms with Gasteiger partial charge in [-0.25, -0.2) is 9.97 Å². The van der Waals surface area contributed by atoms with E-state index >= 15 is 0 Å². The predicted octanol–water partition coefficient (Wildman–Crippen LogP) is 1.53. The highest BCUT2D eigenvalue weighted by Gasteiger charge is 2.11. The molecule has 0 atom stereocenters. The fraction of sp³-hybridized carbons (Fsp3) is 0.692. The van der Waals surface area contributed by atoms with Gasteiger partial charge in [-0.2, -0.15) is 0 Å². The first-order valence-electron chi connectivity index (χ1n) is 6.55. The van der Waals surface area contributed by atoms with Crippen molar-refractivity contribution in [1.82, 2.24) is 9.97 Å². The zero-order chi connectivity index (χ0) is 13.5. The first kappa shape index (κ1) is 14.7. The lowest BCUT2D eigenvalue weighted by Gasteiger charge is -2.21. The molecule has 1 rings (SSSR count). The highest BCUT2D eigenvalue weighted by molar-refractivity contribution is 5.56. The maximum atomic E-state index is 8.75. The Kier molecular flexibility index (Phi) is 5.85. The third kappa shape index (κ3) is 3.84. The lowest BCUT2D eigenvalue weighted by molar-refractivity contribution is 0.283. The molecule has 0 spiro atoms. The Bertz CT molecular complexity index is 381. The van der Waals surface area contributed by atoms with E-state index in [4.69, 9.17) is 10.8 Å². The lowest BCUT2D eigenvalue weighted by atomic mass is 10.2. The van der Waals surface area contributed by atoms with E-state index in [0.29, 0.717) is 5.82 Å². The van der Waals surface area contributed by atoms with E-state index in [2.05, 4.69) is 14.9 Å². The van der Waals surface area contributed by atoms with E-state index in [9.17, 15) is 0 Å². The SMILES string of the molecule is CCc1nc(N)c(C)c(N(C)CCCCCO)n1. The monoisotopic (exact) mass is 252 g/mol. The second kappa shape index (κ2) is 7.16. The third-order valence-electron chi connectivity index (χ3n) is 3.03. The Labute approximate surface area is 109 Å². The molecule has 0 aliphatic carbocycles. The quantitative estimate of drug-likeness (QED) is 0.720. The van der Waals surface area contributed by atoms with Crippen molar-refractivity contribution in [2.24, 2.45) is 0 Å². The summed E-state index contributed by atoms with van der Waals surface area (Å²) < 4.78 is 0. The van der Waals surface area contributed by atoms with Gasteiger partial charge in [-0.1, -0.05) is 6.92 Å². The summed E-state index contributed by atoms with van der Waals surface area (Å²) in [7, 11) is 2.02. The molecule has 0 saturated heterocycles. The molecule has 0 radical (unpaired) electrons. The molecule has 3 N–H and O–H groups in total. The van der Waals surface area contributed by atoms with Crippen LogP contribution in [0.3, 0.4) is 0 Å². The van der Waals surface area contributed by atoms with Crippen LogP contribution >= 0.6 is 0 Å². The lowest BCUT2D eigenvalue weighted by Crippen LogP contribution is -2.22. The van der Waals surface area contributed by atoms with Crippen LogP contribution in [0.15, 0.2) is 0 Å². The van der Waals surface area contributed by atoms with Crippen molar-refractivity contribution in [2.75, 3.05) is 30.8 Å². The summed E-state index contributed by atoms with van der Waals surface area (Å²) in [5, 5.41) is 8.75. The van der Waals surface area contributed by atoms with Crippen LogP contribution in [-0.4, -0.2) is 35.3 Å². The van der Waals surface area contributed by atoms with Crippen LogP contribution in [0.2, 0.25) is 0 Å². The largest absolute Gasteiger partial charge is 0.396 e. The molecule has 1 heterocycles. The van der Waals surface area contributed by atoms with Gasteiger partial charge in [0.25, 0.3) is 0 Å². The Morgan fingerprint density at radius 2 is 1.94 bits per heavy atom. The van der Waals surface area contributed by atoms with Crippen molar-refractivity contribution in [3.05, 3.63) is 11.4 Å². The van der Waals surface area contributed by atoms with E-state index in [1.165, 1.54) is 0 Å². The first-order chi connectivity index (χ1) is 8.60. The number of aliphatic hydroxyl groups excluding tert-OH is 1. The molecule has 0 saturated carbocycles. The number of anilines is 2. The summed E-state index contributed by atoms with van der Waals surface area (Å²) in [6.45, 7) is 5.16. The van der Waals surface area contributed by atoms with E-state index in [1.807, 2.05) is 20.9 Å².